The quantitative estimate of drug-likeness (QED) is 0.405. The van der Waals surface area contributed by atoms with Crippen LogP contribution in [-0.2, 0) is 20.3 Å². The Labute approximate surface area is 225 Å². The number of thiazole rings is 1. The fourth-order valence-electron chi connectivity index (χ4n) is 4.35. The van der Waals surface area contributed by atoms with E-state index in [0.717, 1.165) is 58.9 Å². The number of carbonyl (C=O) groups is 2. The molecule has 0 bridgehead atoms. The van der Waals surface area contributed by atoms with Crippen molar-refractivity contribution in [3.8, 4) is 10.4 Å². The van der Waals surface area contributed by atoms with Gasteiger partial charge in [-0.05, 0) is 85.3 Å². The van der Waals surface area contributed by atoms with Gasteiger partial charge in [-0.25, -0.2) is 14.6 Å². The summed E-state index contributed by atoms with van der Waals surface area (Å²) in [4.78, 5) is 30.6. The predicted octanol–water partition coefficient (Wildman–Crippen LogP) is 6.59. The van der Waals surface area contributed by atoms with Crippen molar-refractivity contribution in [2.24, 2.45) is 0 Å². The minimum atomic E-state index is -1.16. The number of anilines is 1. The largest absolute Gasteiger partial charge is 0.447 e. The molecule has 0 radical (unpaired) electrons. The summed E-state index contributed by atoms with van der Waals surface area (Å²) < 4.78 is 23.8. The Morgan fingerprint density at radius 2 is 1.78 bits per heavy atom. The van der Waals surface area contributed by atoms with Gasteiger partial charge in [-0.3, -0.25) is 9.53 Å². The van der Waals surface area contributed by atoms with Crippen molar-refractivity contribution in [2.45, 2.75) is 107 Å². The zero-order chi connectivity index (χ0) is 26.7. The van der Waals surface area contributed by atoms with Crippen molar-refractivity contribution in [3.05, 3.63) is 29.4 Å². The lowest BCUT2D eigenvalue weighted by Crippen LogP contribution is -2.38. The lowest BCUT2D eigenvalue weighted by Gasteiger charge is -2.28. The van der Waals surface area contributed by atoms with Crippen LogP contribution in [0.1, 0.15) is 84.1 Å². The number of aromatic nitrogens is 1. The first-order valence-electron chi connectivity index (χ1n) is 13.0. The third-order valence-corrected chi connectivity index (χ3v) is 9.24. The minimum absolute atomic E-state index is 0.125. The van der Waals surface area contributed by atoms with Crippen molar-refractivity contribution in [2.75, 3.05) is 5.32 Å². The van der Waals surface area contributed by atoms with Crippen molar-refractivity contribution in [1.29, 1.82) is 0 Å². The number of rotatable bonds is 7. The normalized spacial score (nSPS) is 20.8. The molecule has 8 nitrogen and oxygen atoms in total. The first-order valence-corrected chi connectivity index (χ1v) is 15.0. The number of hydrogen-bond donors (Lipinski definition) is 2. The van der Waals surface area contributed by atoms with Crippen molar-refractivity contribution in [3.63, 3.8) is 0 Å². The van der Waals surface area contributed by atoms with E-state index in [1.54, 1.807) is 17.4 Å². The average Bonchev–Trinajstić information content (AvgIpc) is 3.54. The molecule has 2 amide bonds. The summed E-state index contributed by atoms with van der Waals surface area (Å²) in [6, 6.07) is 5.67. The van der Waals surface area contributed by atoms with Crippen molar-refractivity contribution in [1.82, 2.24) is 10.3 Å². The molecule has 4 rings (SSSR count). The van der Waals surface area contributed by atoms with Crippen LogP contribution in [0.15, 0.2) is 29.3 Å². The highest BCUT2D eigenvalue weighted by Gasteiger charge is 2.32. The van der Waals surface area contributed by atoms with Gasteiger partial charge in [0.25, 0.3) is 0 Å². The summed E-state index contributed by atoms with van der Waals surface area (Å²) in [6.07, 6.45) is 6.40. The predicted molar refractivity (Wildman–Crippen MR) is 147 cm³/mol. The van der Waals surface area contributed by atoms with E-state index in [4.69, 9.17) is 14.5 Å². The molecule has 1 unspecified atom stereocenters. The van der Waals surface area contributed by atoms with Gasteiger partial charge in [0, 0.05) is 39.6 Å². The van der Waals surface area contributed by atoms with Crippen molar-refractivity contribution < 1.29 is 23.3 Å². The fraction of sp³-hybridized carbons (Fsp3) is 0.593. The molecule has 1 heterocycles. The number of hydrogen-bond acceptors (Lipinski definition) is 7. The van der Waals surface area contributed by atoms with Crippen LogP contribution in [0, 0.1) is 0 Å². The molecular formula is C27H37N3O5S2. The highest BCUT2D eigenvalue weighted by Crippen LogP contribution is 2.41. The second kappa shape index (κ2) is 11.5. The summed E-state index contributed by atoms with van der Waals surface area (Å²) in [6.45, 7) is 9.12. The Bertz CT molecular complexity index is 1150. The molecule has 2 aliphatic carbocycles. The Morgan fingerprint density at radius 1 is 1.08 bits per heavy atom. The van der Waals surface area contributed by atoms with Gasteiger partial charge in [-0.1, -0.05) is 6.07 Å². The fourth-order valence-corrected chi connectivity index (χ4v) is 7.11. The van der Waals surface area contributed by atoms with E-state index in [9.17, 15) is 13.8 Å². The second-order valence-electron chi connectivity index (χ2n) is 11.0. The van der Waals surface area contributed by atoms with Gasteiger partial charge in [-0.2, -0.15) is 0 Å². The Balaban J connectivity index is 1.45. The monoisotopic (exact) mass is 547 g/mol. The molecule has 1 aromatic carbocycles. The van der Waals surface area contributed by atoms with Crippen LogP contribution in [0.25, 0.3) is 10.4 Å². The third-order valence-electron chi connectivity index (χ3n) is 6.20. The van der Waals surface area contributed by atoms with Crippen LogP contribution in [-0.4, -0.2) is 44.4 Å². The first kappa shape index (κ1) is 27.6. The smallest absolute Gasteiger partial charge is 0.412 e. The number of alkyl carbamates (subject to hydrolysis) is 1. The molecule has 10 heteroatoms. The van der Waals surface area contributed by atoms with E-state index in [-0.39, 0.29) is 23.5 Å². The van der Waals surface area contributed by atoms with Crippen LogP contribution in [0.4, 0.5) is 15.3 Å². The van der Waals surface area contributed by atoms with E-state index >= 15 is 0 Å². The Morgan fingerprint density at radius 3 is 2.41 bits per heavy atom. The Kier molecular flexibility index (Phi) is 8.58. The molecule has 1 aromatic heterocycles. The standard InChI is InChI=1S/C27H37N3O5S2/c1-16(2)34-25(31)29-18-8-6-17(7-9-18)24-28-15-22(36-24)21-13-10-19(30-26(32)35-27(3,4)5)14-23(21)37(33)20-11-12-20/h10,13-18,20H,6-9,11-12H2,1-5H3,(H,29,31)(H,30,32). The van der Waals surface area contributed by atoms with Gasteiger partial charge in [0.05, 0.1) is 26.8 Å². The van der Waals surface area contributed by atoms with E-state index in [2.05, 4.69) is 10.6 Å². The molecule has 2 aromatic rings. The number of ether oxygens (including phenoxy) is 2. The Hall–Kier alpha value is -2.46. The van der Waals surface area contributed by atoms with Gasteiger partial charge in [0.2, 0.25) is 0 Å². The lowest BCUT2D eigenvalue weighted by molar-refractivity contribution is 0.0635. The maximum absolute atomic E-state index is 13.3. The molecule has 0 spiro atoms. The molecule has 0 saturated heterocycles. The molecule has 2 N–H and O–H groups in total. The first-order chi connectivity index (χ1) is 17.5. The summed E-state index contributed by atoms with van der Waals surface area (Å²) in [5.41, 5.74) is 0.860. The number of amides is 2. The topological polar surface area (TPSA) is 107 Å². The molecule has 2 fully saturated rings. The van der Waals surface area contributed by atoms with Gasteiger partial charge >= 0.3 is 12.2 Å². The van der Waals surface area contributed by atoms with Crippen LogP contribution >= 0.6 is 11.3 Å². The molecule has 0 aliphatic heterocycles. The highest BCUT2D eigenvalue weighted by atomic mass is 32.2. The van der Waals surface area contributed by atoms with Crippen LogP contribution < -0.4 is 10.6 Å². The summed E-state index contributed by atoms with van der Waals surface area (Å²) in [5.74, 6) is 0.336. The summed E-state index contributed by atoms with van der Waals surface area (Å²) in [5, 5.41) is 6.97. The molecule has 37 heavy (non-hydrogen) atoms. The maximum Gasteiger partial charge on any atom is 0.412 e. The average molecular weight is 548 g/mol. The SMILES string of the molecule is CC(C)OC(=O)NC1CCC(c2ncc(-c3ccc(NC(=O)OC(C)(C)C)cc3S(=O)C3CC3)s2)CC1. The highest BCUT2D eigenvalue weighted by molar-refractivity contribution is 7.86. The summed E-state index contributed by atoms with van der Waals surface area (Å²) in [7, 11) is -1.16. The van der Waals surface area contributed by atoms with E-state index in [1.165, 1.54) is 0 Å². The third kappa shape index (κ3) is 7.77. The maximum atomic E-state index is 13.3. The molecule has 202 valence electrons. The van der Waals surface area contributed by atoms with Gasteiger partial charge < -0.3 is 14.8 Å². The molecule has 2 aliphatic rings. The zero-order valence-electron chi connectivity index (χ0n) is 22.2. The lowest BCUT2D eigenvalue weighted by atomic mass is 9.86. The van der Waals surface area contributed by atoms with Gasteiger partial charge in [0.15, 0.2) is 0 Å². The van der Waals surface area contributed by atoms with Crippen molar-refractivity contribution >= 4 is 40.0 Å². The van der Waals surface area contributed by atoms with E-state index < -0.39 is 22.5 Å². The van der Waals surface area contributed by atoms with E-state index in [0.29, 0.717) is 11.6 Å². The molecule has 2 saturated carbocycles. The number of carbonyl (C=O) groups excluding carboxylic acids is 2. The molecule has 1 atom stereocenters. The number of nitrogens with one attached hydrogen (secondary N) is 2. The van der Waals surface area contributed by atoms with E-state index in [1.807, 2.05) is 52.9 Å². The van der Waals surface area contributed by atoms with Crippen LogP contribution in [0.3, 0.4) is 0 Å². The van der Waals surface area contributed by atoms with Crippen LogP contribution in [0.5, 0.6) is 0 Å². The number of benzene rings is 1. The van der Waals surface area contributed by atoms with Crippen LogP contribution in [0.2, 0.25) is 0 Å². The minimum Gasteiger partial charge on any atom is -0.447 e. The molecular weight excluding hydrogens is 510 g/mol. The summed E-state index contributed by atoms with van der Waals surface area (Å²) >= 11 is 1.64. The number of nitrogens with zero attached hydrogens (tertiary/aromatic N) is 1. The zero-order valence-corrected chi connectivity index (χ0v) is 23.8. The van der Waals surface area contributed by atoms with Gasteiger partial charge in [0.1, 0.15) is 5.60 Å². The van der Waals surface area contributed by atoms with Gasteiger partial charge in [-0.15, -0.1) is 11.3 Å². The second-order valence-corrected chi connectivity index (χ2v) is 13.8.